The molecular formula is C27H22O5. The molecule has 5 heteroatoms. The molecule has 0 saturated heterocycles. The Hall–Kier alpha value is -4.25. The summed E-state index contributed by atoms with van der Waals surface area (Å²) < 4.78 is 11.4. The Kier molecular flexibility index (Phi) is 6.08. The maximum absolute atomic E-state index is 12.4. The first-order chi connectivity index (χ1) is 15.5. The minimum atomic E-state index is -0.368. The van der Waals surface area contributed by atoms with Gasteiger partial charge in [0.05, 0.1) is 12.7 Å². The van der Waals surface area contributed by atoms with Crippen LogP contribution >= 0.6 is 0 Å². The van der Waals surface area contributed by atoms with Crippen LogP contribution in [0.2, 0.25) is 0 Å². The standard InChI is InChI=1S/C27H22O5/c1-31-27-13-7-18(6-12-25(29)24-11-9-22(28)16-26(24)30)14-21(27)17-32-23-10-8-19-4-2-3-5-20(19)15-23/h2-16,28,30H,17H2,1H3/b12-6+. The highest BCUT2D eigenvalue weighted by Gasteiger charge is 2.10. The van der Waals surface area contributed by atoms with Crippen LogP contribution < -0.4 is 9.47 Å². The number of ketones is 1. The molecule has 0 fully saturated rings. The molecule has 0 aliphatic carbocycles. The third-order valence-electron chi connectivity index (χ3n) is 5.09. The number of ether oxygens (including phenoxy) is 2. The number of aromatic hydroxyl groups is 2. The molecule has 0 heterocycles. The number of carbonyl (C=O) groups is 1. The molecule has 4 aromatic carbocycles. The fraction of sp³-hybridized carbons (Fsp3) is 0.0741. The lowest BCUT2D eigenvalue weighted by molar-refractivity contribution is 0.104. The van der Waals surface area contributed by atoms with Gasteiger partial charge in [0.2, 0.25) is 0 Å². The van der Waals surface area contributed by atoms with E-state index in [4.69, 9.17) is 9.47 Å². The van der Waals surface area contributed by atoms with Crippen molar-refractivity contribution >= 4 is 22.6 Å². The van der Waals surface area contributed by atoms with Crippen molar-refractivity contribution in [3.8, 4) is 23.0 Å². The van der Waals surface area contributed by atoms with Crippen LogP contribution in [0.3, 0.4) is 0 Å². The first-order valence-corrected chi connectivity index (χ1v) is 10.1. The quantitative estimate of drug-likeness (QED) is 0.291. The van der Waals surface area contributed by atoms with Gasteiger partial charge >= 0.3 is 0 Å². The van der Waals surface area contributed by atoms with Gasteiger partial charge in [0.1, 0.15) is 29.6 Å². The Bertz CT molecular complexity index is 1310. The fourth-order valence-corrected chi connectivity index (χ4v) is 3.42. The van der Waals surface area contributed by atoms with E-state index in [1.165, 1.54) is 18.2 Å². The largest absolute Gasteiger partial charge is 0.508 e. The van der Waals surface area contributed by atoms with Gasteiger partial charge in [0.25, 0.3) is 0 Å². The second-order valence-corrected chi connectivity index (χ2v) is 7.27. The van der Waals surface area contributed by atoms with E-state index in [1.807, 2.05) is 54.6 Å². The van der Waals surface area contributed by atoms with Crippen LogP contribution in [0.4, 0.5) is 0 Å². The van der Waals surface area contributed by atoms with Gasteiger partial charge < -0.3 is 19.7 Å². The molecule has 5 nitrogen and oxygen atoms in total. The van der Waals surface area contributed by atoms with Gasteiger partial charge in [-0.25, -0.2) is 0 Å². The van der Waals surface area contributed by atoms with Gasteiger partial charge in [0, 0.05) is 11.6 Å². The highest BCUT2D eigenvalue weighted by atomic mass is 16.5. The lowest BCUT2D eigenvalue weighted by Gasteiger charge is -2.12. The maximum atomic E-state index is 12.4. The number of rotatable bonds is 7. The Labute approximate surface area is 185 Å². The van der Waals surface area contributed by atoms with E-state index < -0.39 is 0 Å². The average Bonchev–Trinajstić information content (AvgIpc) is 2.81. The van der Waals surface area contributed by atoms with E-state index in [0.29, 0.717) is 12.4 Å². The molecule has 0 spiro atoms. The molecular weight excluding hydrogens is 404 g/mol. The van der Waals surface area contributed by atoms with Crippen molar-refractivity contribution in [2.24, 2.45) is 0 Å². The summed E-state index contributed by atoms with van der Waals surface area (Å²) in [5.41, 5.74) is 1.74. The van der Waals surface area contributed by atoms with Gasteiger partial charge in [-0.1, -0.05) is 42.5 Å². The van der Waals surface area contributed by atoms with Crippen LogP contribution in [0.15, 0.2) is 84.9 Å². The second kappa shape index (κ2) is 9.27. The second-order valence-electron chi connectivity index (χ2n) is 7.27. The molecule has 0 bridgehead atoms. The summed E-state index contributed by atoms with van der Waals surface area (Å²) in [6.07, 6.45) is 3.04. The molecule has 0 aromatic heterocycles. The lowest BCUT2D eigenvalue weighted by Crippen LogP contribution is -1.99. The first-order valence-electron chi connectivity index (χ1n) is 10.1. The number of carbonyl (C=O) groups excluding carboxylic acids is 1. The molecule has 4 rings (SSSR count). The van der Waals surface area contributed by atoms with Crippen molar-refractivity contribution in [1.82, 2.24) is 0 Å². The van der Waals surface area contributed by atoms with Crippen molar-refractivity contribution < 1.29 is 24.5 Å². The van der Waals surface area contributed by atoms with E-state index in [1.54, 1.807) is 13.2 Å². The summed E-state index contributed by atoms with van der Waals surface area (Å²) in [5.74, 6) is 0.704. The van der Waals surface area contributed by atoms with E-state index in [2.05, 4.69) is 6.07 Å². The number of benzene rings is 4. The average molecular weight is 426 g/mol. The van der Waals surface area contributed by atoms with E-state index >= 15 is 0 Å². The summed E-state index contributed by atoms with van der Waals surface area (Å²) in [6.45, 7) is 0.301. The van der Waals surface area contributed by atoms with Crippen molar-refractivity contribution in [2.45, 2.75) is 6.61 Å². The van der Waals surface area contributed by atoms with Gasteiger partial charge in [-0.3, -0.25) is 4.79 Å². The fourth-order valence-electron chi connectivity index (χ4n) is 3.42. The number of fused-ring (bicyclic) bond motifs is 1. The minimum absolute atomic E-state index is 0.103. The smallest absolute Gasteiger partial charge is 0.189 e. The highest BCUT2D eigenvalue weighted by molar-refractivity contribution is 6.08. The number of allylic oxidation sites excluding steroid dienone is 1. The number of phenols is 2. The van der Waals surface area contributed by atoms with E-state index in [0.717, 1.165) is 33.7 Å². The van der Waals surface area contributed by atoms with Crippen LogP contribution in [-0.4, -0.2) is 23.1 Å². The molecule has 0 saturated carbocycles. The van der Waals surface area contributed by atoms with Crippen molar-refractivity contribution in [3.63, 3.8) is 0 Å². The molecule has 32 heavy (non-hydrogen) atoms. The summed E-state index contributed by atoms with van der Waals surface area (Å²) >= 11 is 0. The van der Waals surface area contributed by atoms with Gasteiger partial charge in [-0.2, -0.15) is 0 Å². The zero-order chi connectivity index (χ0) is 22.5. The third kappa shape index (κ3) is 4.73. The Morgan fingerprint density at radius 2 is 1.72 bits per heavy atom. The van der Waals surface area contributed by atoms with Crippen molar-refractivity contribution in [1.29, 1.82) is 0 Å². The zero-order valence-corrected chi connectivity index (χ0v) is 17.5. The first kappa shape index (κ1) is 21.0. The molecule has 0 amide bonds. The molecule has 0 atom stereocenters. The van der Waals surface area contributed by atoms with Crippen LogP contribution in [0.5, 0.6) is 23.0 Å². The molecule has 0 radical (unpaired) electrons. The number of hydrogen-bond donors (Lipinski definition) is 2. The van der Waals surface area contributed by atoms with Gasteiger partial charge in [-0.15, -0.1) is 0 Å². The molecule has 0 aliphatic heterocycles. The monoisotopic (exact) mass is 426 g/mol. The predicted molar refractivity (Wildman–Crippen MR) is 124 cm³/mol. The molecule has 2 N–H and O–H groups in total. The van der Waals surface area contributed by atoms with Crippen molar-refractivity contribution in [3.05, 3.63) is 102 Å². The van der Waals surface area contributed by atoms with Crippen LogP contribution in [0, 0.1) is 0 Å². The molecule has 0 aliphatic rings. The topological polar surface area (TPSA) is 76.0 Å². The van der Waals surface area contributed by atoms with Gasteiger partial charge in [0.15, 0.2) is 5.78 Å². The summed E-state index contributed by atoms with van der Waals surface area (Å²) in [5, 5.41) is 21.5. The van der Waals surface area contributed by atoms with Crippen molar-refractivity contribution in [2.75, 3.05) is 7.11 Å². The summed E-state index contributed by atoms with van der Waals surface area (Å²) in [4.78, 5) is 12.4. The SMILES string of the molecule is COc1ccc(/C=C/C(=O)c2ccc(O)cc2O)cc1COc1ccc2ccccc2c1. The van der Waals surface area contributed by atoms with E-state index in [9.17, 15) is 15.0 Å². The van der Waals surface area contributed by atoms with E-state index in [-0.39, 0.29) is 22.8 Å². The van der Waals surface area contributed by atoms with Crippen LogP contribution in [0.25, 0.3) is 16.8 Å². The third-order valence-corrected chi connectivity index (χ3v) is 5.09. The lowest BCUT2D eigenvalue weighted by atomic mass is 10.1. The number of methoxy groups -OCH3 is 1. The van der Waals surface area contributed by atoms with Gasteiger partial charge in [-0.05, 0) is 58.8 Å². The molecule has 4 aromatic rings. The zero-order valence-electron chi connectivity index (χ0n) is 17.5. The number of hydrogen-bond acceptors (Lipinski definition) is 5. The highest BCUT2D eigenvalue weighted by Crippen LogP contribution is 2.26. The normalized spacial score (nSPS) is 11.0. The minimum Gasteiger partial charge on any atom is -0.508 e. The molecule has 160 valence electrons. The summed E-state index contributed by atoms with van der Waals surface area (Å²) in [6, 6.07) is 23.4. The Morgan fingerprint density at radius 1 is 0.906 bits per heavy atom. The van der Waals surface area contributed by atoms with Crippen LogP contribution in [-0.2, 0) is 6.61 Å². The molecule has 0 unspecified atom stereocenters. The predicted octanol–water partition coefficient (Wildman–Crippen LogP) is 5.73. The Balaban J connectivity index is 1.51. The Morgan fingerprint density at radius 3 is 2.50 bits per heavy atom. The summed E-state index contributed by atoms with van der Waals surface area (Å²) in [7, 11) is 1.60. The maximum Gasteiger partial charge on any atom is 0.189 e. The van der Waals surface area contributed by atoms with Crippen LogP contribution in [0.1, 0.15) is 21.5 Å². The number of phenolic OH excluding ortho intramolecular Hbond substituents is 2.